The van der Waals surface area contributed by atoms with Crippen LogP contribution in [0.5, 0.6) is 0 Å². The third-order valence-corrected chi connectivity index (χ3v) is 5.32. The molecule has 23 heavy (non-hydrogen) atoms. The average Bonchev–Trinajstić information content (AvgIpc) is 3.04. The van der Waals surface area contributed by atoms with Crippen molar-refractivity contribution in [2.75, 3.05) is 0 Å². The molecule has 0 bridgehead atoms. The normalized spacial score (nSPS) is 12.6. The van der Waals surface area contributed by atoms with Gasteiger partial charge in [-0.1, -0.05) is 41.1 Å². The second-order valence-electron chi connectivity index (χ2n) is 5.57. The summed E-state index contributed by atoms with van der Waals surface area (Å²) in [6.45, 7) is 4.10. The topological polar surface area (TPSA) is 34.4 Å². The minimum atomic E-state index is -0.0225. The van der Waals surface area contributed by atoms with Gasteiger partial charge in [0.2, 0.25) is 0 Å². The van der Waals surface area contributed by atoms with E-state index in [1.807, 2.05) is 49.4 Å². The Bertz CT molecular complexity index is 1160. The zero-order valence-electron chi connectivity index (χ0n) is 12.6. The summed E-state index contributed by atoms with van der Waals surface area (Å²) in [6, 6.07) is 11.4. The molecular formula is C18H13ClN2OS. The smallest absolute Gasteiger partial charge is 0.267 e. The van der Waals surface area contributed by atoms with Gasteiger partial charge >= 0.3 is 0 Å². The number of imidazole rings is 1. The number of fused-ring (bicyclic) bond motifs is 3. The quantitative estimate of drug-likeness (QED) is 0.529. The van der Waals surface area contributed by atoms with Crippen molar-refractivity contribution in [2.45, 2.75) is 13.8 Å². The largest absolute Gasteiger partial charge is 0.274 e. The summed E-state index contributed by atoms with van der Waals surface area (Å²) in [5.74, 6) is 0. The van der Waals surface area contributed by atoms with E-state index < -0.39 is 0 Å². The molecule has 0 saturated heterocycles. The van der Waals surface area contributed by atoms with Crippen LogP contribution in [0.15, 0.2) is 41.2 Å². The molecule has 0 spiro atoms. The van der Waals surface area contributed by atoms with Crippen molar-refractivity contribution < 1.29 is 0 Å². The minimum Gasteiger partial charge on any atom is -0.267 e. The van der Waals surface area contributed by atoms with Crippen molar-refractivity contribution in [3.05, 3.63) is 73.0 Å². The molecule has 4 aromatic rings. The van der Waals surface area contributed by atoms with E-state index in [1.165, 1.54) is 16.9 Å². The molecule has 0 unspecified atom stereocenters. The van der Waals surface area contributed by atoms with Gasteiger partial charge in [-0.05, 0) is 54.8 Å². The first-order chi connectivity index (χ1) is 11.0. The molecule has 0 atom stereocenters. The molecular weight excluding hydrogens is 328 g/mol. The number of thiazole rings is 1. The average molecular weight is 341 g/mol. The maximum absolute atomic E-state index is 12.7. The summed E-state index contributed by atoms with van der Waals surface area (Å²) in [7, 11) is 0. The lowest BCUT2D eigenvalue weighted by Crippen LogP contribution is -2.22. The van der Waals surface area contributed by atoms with Gasteiger partial charge < -0.3 is 0 Å². The van der Waals surface area contributed by atoms with Crippen LogP contribution in [0.4, 0.5) is 0 Å². The van der Waals surface area contributed by atoms with Gasteiger partial charge in [-0.3, -0.25) is 4.79 Å². The second kappa shape index (κ2) is 5.18. The highest BCUT2D eigenvalue weighted by Crippen LogP contribution is 2.22. The molecule has 0 radical (unpaired) electrons. The Morgan fingerprint density at radius 1 is 1.13 bits per heavy atom. The molecule has 114 valence electrons. The van der Waals surface area contributed by atoms with Gasteiger partial charge in [0.05, 0.1) is 15.6 Å². The third-order valence-electron chi connectivity index (χ3n) is 4.10. The summed E-state index contributed by atoms with van der Waals surface area (Å²) >= 11 is 7.31. The van der Waals surface area contributed by atoms with Crippen LogP contribution < -0.4 is 10.1 Å². The molecule has 0 amide bonds. The maximum atomic E-state index is 12.7. The van der Waals surface area contributed by atoms with E-state index in [4.69, 9.17) is 11.6 Å². The standard InChI is InChI=1S/C18H13ClN2OS/c1-10-3-8-14-16(11(10)2)20-18-21(14)17(22)15(23-18)9-12-4-6-13(19)7-5-12/h3-9H,1-2H3. The Morgan fingerprint density at radius 3 is 2.61 bits per heavy atom. The first kappa shape index (κ1) is 14.4. The van der Waals surface area contributed by atoms with E-state index in [0.29, 0.717) is 9.55 Å². The Hall–Kier alpha value is -2.17. The number of nitrogens with zero attached hydrogens (tertiary/aromatic N) is 2. The fourth-order valence-corrected chi connectivity index (χ4v) is 3.78. The summed E-state index contributed by atoms with van der Waals surface area (Å²) < 4.78 is 2.38. The van der Waals surface area contributed by atoms with E-state index in [2.05, 4.69) is 11.9 Å². The number of aromatic nitrogens is 2. The predicted octanol–water partition coefficient (Wildman–Crippen LogP) is 3.73. The number of benzene rings is 2. The molecule has 0 fully saturated rings. The fraction of sp³-hybridized carbons (Fsp3) is 0.111. The number of halogens is 1. The van der Waals surface area contributed by atoms with Crippen LogP contribution in [-0.4, -0.2) is 9.38 Å². The Labute approximate surface area is 141 Å². The monoisotopic (exact) mass is 340 g/mol. The van der Waals surface area contributed by atoms with Gasteiger partial charge in [0.15, 0.2) is 4.96 Å². The van der Waals surface area contributed by atoms with Crippen LogP contribution in [-0.2, 0) is 0 Å². The molecule has 0 saturated carbocycles. The second-order valence-corrected chi connectivity index (χ2v) is 7.02. The zero-order chi connectivity index (χ0) is 16.1. The van der Waals surface area contributed by atoms with Crippen molar-refractivity contribution in [2.24, 2.45) is 0 Å². The molecule has 4 rings (SSSR count). The molecule has 2 aromatic heterocycles. The van der Waals surface area contributed by atoms with E-state index in [9.17, 15) is 4.79 Å². The molecule has 3 nitrogen and oxygen atoms in total. The van der Waals surface area contributed by atoms with Crippen molar-refractivity contribution in [1.82, 2.24) is 9.38 Å². The Balaban J connectivity index is 2.01. The fourth-order valence-electron chi connectivity index (χ4n) is 2.68. The van der Waals surface area contributed by atoms with Crippen molar-refractivity contribution in [3.63, 3.8) is 0 Å². The lowest BCUT2D eigenvalue weighted by molar-refractivity contribution is 1.19. The minimum absolute atomic E-state index is 0.0225. The summed E-state index contributed by atoms with van der Waals surface area (Å²) in [4.78, 5) is 18.1. The third kappa shape index (κ3) is 2.26. The number of hydrogen-bond acceptors (Lipinski definition) is 3. The first-order valence-corrected chi connectivity index (χ1v) is 8.42. The van der Waals surface area contributed by atoms with E-state index in [0.717, 1.165) is 27.1 Å². The molecule has 2 heterocycles. The molecule has 2 aromatic carbocycles. The Morgan fingerprint density at radius 2 is 1.87 bits per heavy atom. The SMILES string of the molecule is Cc1ccc2c(nc3sc(=Cc4ccc(Cl)cc4)c(=O)n32)c1C. The zero-order valence-corrected chi connectivity index (χ0v) is 14.2. The van der Waals surface area contributed by atoms with Gasteiger partial charge in [0, 0.05) is 5.02 Å². The van der Waals surface area contributed by atoms with Crippen molar-refractivity contribution in [3.8, 4) is 0 Å². The Kier molecular flexibility index (Phi) is 3.25. The van der Waals surface area contributed by atoms with Crippen LogP contribution in [0.25, 0.3) is 22.1 Å². The van der Waals surface area contributed by atoms with Gasteiger partial charge in [-0.25, -0.2) is 9.38 Å². The van der Waals surface area contributed by atoms with Gasteiger partial charge in [-0.15, -0.1) is 0 Å². The van der Waals surface area contributed by atoms with Crippen LogP contribution in [0.3, 0.4) is 0 Å². The van der Waals surface area contributed by atoms with Crippen LogP contribution >= 0.6 is 22.9 Å². The van der Waals surface area contributed by atoms with Crippen molar-refractivity contribution >= 4 is 45.0 Å². The molecule has 0 aliphatic carbocycles. The first-order valence-electron chi connectivity index (χ1n) is 7.23. The van der Waals surface area contributed by atoms with Crippen LogP contribution in [0.1, 0.15) is 16.7 Å². The summed E-state index contributed by atoms with van der Waals surface area (Å²) in [6.07, 6.45) is 1.88. The van der Waals surface area contributed by atoms with Crippen LogP contribution in [0, 0.1) is 13.8 Å². The van der Waals surface area contributed by atoms with Gasteiger partial charge in [-0.2, -0.15) is 0 Å². The number of aryl methyl sites for hydroxylation is 2. The van der Waals surface area contributed by atoms with E-state index >= 15 is 0 Å². The summed E-state index contributed by atoms with van der Waals surface area (Å²) in [5.41, 5.74) is 5.02. The predicted molar refractivity (Wildman–Crippen MR) is 96.6 cm³/mol. The van der Waals surface area contributed by atoms with Crippen LogP contribution in [0.2, 0.25) is 5.02 Å². The lowest BCUT2D eigenvalue weighted by atomic mass is 10.1. The highest BCUT2D eigenvalue weighted by molar-refractivity contribution is 7.15. The lowest BCUT2D eigenvalue weighted by Gasteiger charge is -1.99. The molecule has 0 aliphatic heterocycles. The highest BCUT2D eigenvalue weighted by atomic mass is 35.5. The molecule has 0 N–H and O–H groups in total. The molecule has 0 aliphatic rings. The van der Waals surface area contributed by atoms with E-state index in [1.54, 1.807) is 4.40 Å². The van der Waals surface area contributed by atoms with E-state index in [-0.39, 0.29) is 5.56 Å². The maximum Gasteiger partial charge on any atom is 0.274 e. The van der Waals surface area contributed by atoms with Crippen molar-refractivity contribution in [1.29, 1.82) is 0 Å². The highest BCUT2D eigenvalue weighted by Gasteiger charge is 2.13. The molecule has 5 heteroatoms. The number of rotatable bonds is 1. The van der Waals surface area contributed by atoms with Gasteiger partial charge in [0.1, 0.15) is 0 Å². The summed E-state index contributed by atoms with van der Waals surface area (Å²) in [5, 5.41) is 0.683. The number of hydrogen-bond donors (Lipinski definition) is 0. The van der Waals surface area contributed by atoms with Gasteiger partial charge in [0.25, 0.3) is 5.56 Å².